The van der Waals surface area contributed by atoms with Crippen molar-refractivity contribution in [3.63, 3.8) is 0 Å². The molecule has 1 aromatic rings. The zero-order valence-electron chi connectivity index (χ0n) is 10.1. The van der Waals surface area contributed by atoms with Crippen molar-refractivity contribution in [3.8, 4) is 0 Å². The number of rotatable bonds is 4. The number of aliphatic hydroxyl groups excluding tert-OH is 1. The fourth-order valence-corrected chi connectivity index (χ4v) is 1.85. The number of benzene rings is 1. The van der Waals surface area contributed by atoms with Gasteiger partial charge in [0, 0.05) is 24.3 Å². The molecule has 0 bridgehead atoms. The first kappa shape index (κ1) is 15.1. The minimum Gasteiger partial charge on any atom is -0.389 e. The molecular weight excluding hydrogens is 267 g/mol. The quantitative estimate of drug-likeness (QED) is 0.908. The number of anilines is 1. The van der Waals surface area contributed by atoms with Crippen LogP contribution in [0, 0.1) is 0 Å². The van der Waals surface area contributed by atoms with E-state index in [1.165, 1.54) is 4.90 Å². The lowest BCUT2D eigenvalue weighted by Gasteiger charge is -2.21. The van der Waals surface area contributed by atoms with Crippen LogP contribution in [0.5, 0.6) is 0 Å². The van der Waals surface area contributed by atoms with Crippen molar-refractivity contribution in [3.05, 3.63) is 28.8 Å². The van der Waals surface area contributed by atoms with E-state index in [-0.39, 0.29) is 6.54 Å². The van der Waals surface area contributed by atoms with Crippen molar-refractivity contribution in [2.75, 3.05) is 18.5 Å². The van der Waals surface area contributed by atoms with Gasteiger partial charge in [-0.05, 0) is 24.6 Å². The molecule has 1 atom stereocenters. The Bertz CT molecular complexity index is 407. The van der Waals surface area contributed by atoms with Gasteiger partial charge in [-0.25, -0.2) is 0 Å². The van der Waals surface area contributed by atoms with E-state index in [1.807, 2.05) is 0 Å². The van der Waals surface area contributed by atoms with E-state index in [0.29, 0.717) is 16.3 Å². The van der Waals surface area contributed by atoms with Crippen LogP contribution in [0.25, 0.3) is 0 Å². The van der Waals surface area contributed by atoms with Gasteiger partial charge in [0.15, 0.2) is 0 Å². The highest BCUT2D eigenvalue weighted by atomic mass is 35.5. The molecule has 6 heteroatoms. The molecule has 0 saturated carbocycles. The first-order chi connectivity index (χ1) is 8.20. The van der Waals surface area contributed by atoms with Crippen LogP contribution in [0.1, 0.15) is 25.0 Å². The molecule has 1 aromatic carbocycles. The van der Waals surface area contributed by atoms with Crippen LogP contribution in [-0.4, -0.2) is 24.9 Å². The second-order valence-corrected chi connectivity index (χ2v) is 4.58. The minimum absolute atomic E-state index is 0.131. The zero-order chi connectivity index (χ0) is 13.9. The number of nitrogens with zero attached hydrogens (tertiary/aromatic N) is 1. The summed E-state index contributed by atoms with van der Waals surface area (Å²) in [5.74, 6) is 0. The normalized spacial score (nSPS) is 13.5. The third-order valence-corrected chi connectivity index (χ3v) is 2.93. The number of aliphatic hydroxyl groups is 1. The number of halogens is 4. The fraction of sp³-hybridized carbons (Fsp3) is 0.500. The average Bonchev–Trinajstić information content (AvgIpc) is 2.24. The Morgan fingerprint density at radius 1 is 1.39 bits per heavy atom. The van der Waals surface area contributed by atoms with E-state index in [0.717, 1.165) is 0 Å². The molecule has 0 saturated heterocycles. The van der Waals surface area contributed by atoms with E-state index in [9.17, 15) is 18.3 Å². The molecule has 2 nitrogen and oxygen atoms in total. The Labute approximate surface area is 109 Å². The molecule has 0 spiro atoms. The lowest BCUT2D eigenvalue weighted by Crippen LogP contribution is -2.24. The standard InChI is InChI=1S/C12H15ClF3NO/c1-8(18)10-4-3-9(7-11(10)13)17(2)6-5-12(14,15)16/h3-4,7-8,18H,5-6H2,1-2H3. The molecule has 0 fully saturated rings. The second-order valence-electron chi connectivity index (χ2n) is 4.17. The highest BCUT2D eigenvalue weighted by Gasteiger charge is 2.27. The molecule has 1 N–H and O–H groups in total. The Balaban J connectivity index is 2.75. The van der Waals surface area contributed by atoms with Crippen molar-refractivity contribution in [2.24, 2.45) is 0 Å². The van der Waals surface area contributed by atoms with Crippen LogP contribution >= 0.6 is 11.6 Å². The minimum atomic E-state index is -4.17. The summed E-state index contributed by atoms with van der Waals surface area (Å²) in [5.41, 5.74) is 1.15. The summed E-state index contributed by atoms with van der Waals surface area (Å²) in [6, 6.07) is 4.82. The largest absolute Gasteiger partial charge is 0.390 e. The van der Waals surface area contributed by atoms with Crippen LogP contribution in [0.15, 0.2) is 18.2 Å². The van der Waals surface area contributed by atoms with Gasteiger partial charge in [0.05, 0.1) is 12.5 Å². The topological polar surface area (TPSA) is 23.5 Å². The van der Waals surface area contributed by atoms with E-state index in [2.05, 4.69) is 0 Å². The first-order valence-corrected chi connectivity index (χ1v) is 5.84. The molecule has 1 rings (SSSR count). The highest BCUT2D eigenvalue weighted by molar-refractivity contribution is 6.31. The Kier molecular flexibility index (Phi) is 4.87. The molecule has 1 unspecified atom stereocenters. The van der Waals surface area contributed by atoms with Crippen LogP contribution in [-0.2, 0) is 0 Å². The Morgan fingerprint density at radius 3 is 2.44 bits per heavy atom. The summed E-state index contributed by atoms with van der Waals surface area (Å²) < 4.78 is 36.3. The van der Waals surface area contributed by atoms with Crippen LogP contribution < -0.4 is 4.90 Å². The van der Waals surface area contributed by atoms with Gasteiger partial charge in [-0.15, -0.1) is 0 Å². The predicted octanol–water partition coefficient (Wildman–Crippen LogP) is 3.78. The van der Waals surface area contributed by atoms with Crippen molar-refractivity contribution in [2.45, 2.75) is 25.6 Å². The van der Waals surface area contributed by atoms with Gasteiger partial charge >= 0.3 is 6.18 Å². The maximum absolute atomic E-state index is 12.1. The van der Waals surface area contributed by atoms with Gasteiger partial charge in [0.2, 0.25) is 0 Å². The maximum atomic E-state index is 12.1. The second kappa shape index (κ2) is 5.80. The molecule has 0 aliphatic rings. The highest BCUT2D eigenvalue weighted by Crippen LogP contribution is 2.28. The van der Waals surface area contributed by atoms with E-state index >= 15 is 0 Å². The molecule has 0 radical (unpaired) electrons. The van der Waals surface area contributed by atoms with E-state index in [4.69, 9.17) is 11.6 Å². The summed E-state index contributed by atoms with van der Waals surface area (Å²) in [7, 11) is 1.57. The van der Waals surface area contributed by atoms with Gasteiger partial charge < -0.3 is 10.0 Å². The third-order valence-electron chi connectivity index (χ3n) is 2.61. The molecule has 0 aliphatic carbocycles. The smallest absolute Gasteiger partial charge is 0.389 e. The lowest BCUT2D eigenvalue weighted by atomic mass is 10.1. The van der Waals surface area contributed by atoms with Crippen LogP contribution in [0.3, 0.4) is 0 Å². The molecule has 0 aromatic heterocycles. The van der Waals surface area contributed by atoms with Crippen molar-refractivity contribution < 1.29 is 18.3 Å². The molecule has 102 valence electrons. The number of hydrogen-bond donors (Lipinski definition) is 1. The summed E-state index contributed by atoms with van der Waals surface area (Å²) in [4.78, 5) is 1.48. The fourth-order valence-electron chi connectivity index (χ4n) is 1.52. The molecule has 18 heavy (non-hydrogen) atoms. The average molecular weight is 282 g/mol. The van der Waals surface area contributed by atoms with Crippen LogP contribution in [0.2, 0.25) is 5.02 Å². The lowest BCUT2D eigenvalue weighted by molar-refractivity contribution is -0.132. The monoisotopic (exact) mass is 281 g/mol. The molecule has 0 amide bonds. The predicted molar refractivity (Wildman–Crippen MR) is 66.0 cm³/mol. The number of hydrogen-bond acceptors (Lipinski definition) is 2. The Hall–Kier alpha value is -0.940. The zero-order valence-corrected chi connectivity index (χ0v) is 10.9. The van der Waals surface area contributed by atoms with Gasteiger partial charge in [0.1, 0.15) is 0 Å². The SMILES string of the molecule is CC(O)c1ccc(N(C)CCC(F)(F)F)cc1Cl. The third kappa shape index (κ3) is 4.38. The van der Waals surface area contributed by atoms with Crippen molar-refractivity contribution >= 4 is 17.3 Å². The summed E-state index contributed by atoms with van der Waals surface area (Å²) >= 11 is 5.95. The van der Waals surface area contributed by atoms with Crippen molar-refractivity contribution in [1.82, 2.24) is 0 Å². The summed E-state index contributed by atoms with van der Waals surface area (Å²) in [5, 5.41) is 9.75. The van der Waals surface area contributed by atoms with Gasteiger partial charge in [-0.2, -0.15) is 13.2 Å². The van der Waals surface area contributed by atoms with E-state index in [1.54, 1.807) is 32.2 Å². The van der Waals surface area contributed by atoms with Gasteiger partial charge in [-0.1, -0.05) is 17.7 Å². The molecule has 0 heterocycles. The number of alkyl halides is 3. The maximum Gasteiger partial charge on any atom is 0.390 e. The van der Waals surface area contributed by atoms with E-state index < -0.39 is 18.7 Å². The molecular formula is C12H15ClF3NO. The van der Waals surface area contributed by atoms with Gasteiger partial charge in [0.25, 0.3) is 0 Å². The summed E-state index contributed by atoms with van der Waals surface area (Å²) in [6.07, 6.45) is -5.75. The molecule has 0 aliphatic heterocycles. The van der Waals surface area contributed by atoms with Gasteiger partial charge in [-0.3, -0.25) is 0 Å². The van der Waals surface area contributed by atoms with Crippen LogP contribution in [0.4, 0.5) is 18.9 Å². The summed E-state index contributed by atoms with van der Waals surface area (Å²) in [6.45, 7) is 1.45. The first-order valence-electron chi connectivity index (χ1n) is 5.46. The Morgan fingerprint density at radius 2 is 2.00 bits per heavy atom. The van der Waals surface area contributed by atoms with Crippen molar-refractivity contribution in [1.29, 1.82) is 0 Å².